The fourth-order valence-corrected chi connectivity index (χ4v) is 3.69. The van der Waals surface area contributed by atoms with Crippen molar-refractivity contribution < 1.29 is 19.4 Å². The van der Waals surface area contributed by atoms with Gasteiger partial charge < -0.3 is 25.3 Å². The first-order chi connectivity index (χ1) is 15.6. The maximum Gasteiger partial charge on any atom is 0.248 e. The van der Waals surface area contributed by atoms with Crippen LogP contribution in [0.5, 0.6) is 0 Å². The molecule has 1 aliphatic heterocycles. The van der Waals surface area contributed by atoms with Crippen LogP contribution in [0, 0.1) is 0 Å². The summed E-state index contributed by atoms with van der Waals surface area (Å²) in [5.74, 6) is 1.10. The molecule has 1 aromatic heterocycles. The lowest BCUT2D eigenvalue weighted by molar-refractivity contribution is 0.100. The van der Waals surface area contributed by atoms with Crippen LogP contribution in [0.4, 0.5) is 0 Å². The molecule has 0 saturated carbocycles. The Kier molecular flexibility index (Phi) is 5.09. The second kappa shape index (κ2) is 8.20. The van der Waals surface area contributed by atoms with Crippen molar-refractivity contribution in [3.63, 3.8) is 0 Å². The van der Waals surface area contributed by atoms with Crippen LogP contribution in [0.25, 0.3) is 22.4 Å². The van der Waals surface area contributed by atoms with Gasteiger partial charge in [0, 0.05) is 11.1 Å². The third kappa shape index (κ3) is 3.81. The molecule has 1 unspecified atom stereocenters. The Labute approximate surface area is 184 Å². The molecule has 7 nitrogen and oxygen atoms in total. The Morgan fingerprint density at radius 3 is 2.75 bits per heavy atom. The van der Waals surface area contributed by atoms with E-state index in [1.54, 1.807) is 24.5 Å². The third-order valence-electron chi connectivity index (χ3n) is 5.45. The molecule has 1 amide bonds. The van der Waals surface area contributed by atoms with E-state index in [1.807, 2.05) is 36.4 Å². The number of hydrogen-bond acceptors (Lipinski definition) is 5. The Bertz CT molecular complexity index is 1310. The highest BCUT2D eigenvalue weighted by atomic mass is 16.6. The second-order valence-electron chi connectivity index (χ2n) is 7.61. The number of benzene rings is 2. The number of primary amides is 1. The number of aliphatic hydroxyl groups is 1. The molecule has 1 atom stereocenters. The first kappa shape index (κ1) is 19.8. The number of aromatic nitrogens is 2. The van der Waals surface area contributed by atoms with Crippen LogP contribution in [-0.4, -0.2) is 21.0 Å². The summed E-state index contributed by atoms with van der Waals surface area (Å²) in [5, 5.41) is 10.8. The Balaban J connectivity index is 1.34. The van der Waals surface area contributed by atoms with E-state index in [0.29, 0.717) is 34.0 Å². The highest BCUT2D eigenvalue weighted by molar-refractivity contribution is 5.96. The van der Waals surface area contributed by atoms with Crippen LogP contribution >= 0.6 is 0 Å². The molecule has 2 aromatic carbocycles. The molecular formula is C25H21N3O4. The molecule has 3 aromatic rings. The zero-order chi connectivity index (χ0) is 22.1. The highest BCUT2D eigenvalue weighted by Gasteiger charge is 2.22. The number of carbonyl (C=O) groups excluding carboxylic acids is 1. The summed E-state index contributed by atoms with van der Waals surface area (Å²) in [4.78, 5) is 19.2. The minimum absolute atomic E-state index is 0.327. The van der Waals surface area contributed by atoms with Crippen molar-refractivity contribution in [2.24, 2.45) is 5.73 Å². The number of allylic oxidation sites excluding steroid dienone is 4. The summed E-state index contributed by atoms with van der Waals surface area (Å²) in [7, 11) is 0. The van der Waals surface area contributed by atoms with Crippen molar-refractivity contribution in [2.45, 2.75) is 18.9 Å². The van der Waals surface area contributed by atoms with E-state index in [0.717, 1.165) is 29.5 Å². The average Bonchev–Trinajstić information content (AvgIpc) is 3.28. The maximum atomic E-state index is 11.4. The number of imidazole rings is 1. The van der Waals surface area contributed by atoms with Crippen molar-refractivity contribution in [1.82, 2.24) is 9.97 Å². The van der Waals surface area contributed by atoms with Crippen molar-refractivity contribution in [3.05, 3.63) is 101 Å². The van der Waals surface area contributed by atoms with E-state index in [4.69, 9.17) is 15.2 Å². The highest BCUT2D eigenvalue weighted by Crippen LogP contribution is 2.32. The van der Waals surface area contributed by atoms with E-state index < -0.39 is 12.0 Å². The Morgan fingerprint density at radius 1 is 1.16 bits per heavy atom. The topological polar surface area (TPSA) is 110 Å². The van der Waals surface area contributed by atoms with E-state index in [1.165, 1.54) is 6.26 Å². The normalized spacial score (nSPS) is 16.5. The van der Waals surface area contributed by atoms with E-state index in [9.17, 15) is 9.90 Å². The SMILES string of the molecule is NC(=O)c1ccc2[nH]c(-c3ccc(C(O)C4=COC=C(C5=CC=CCC5)O4)cc3)nc2c1. The van der Waals surface area contributed by atoms with Gasteiger partial charge in [-0.3, -0.25) is 4.79 Å². The van der Waals surface area contributed by atoms with Gasteiger partial charge in [-0.15, -0.1) is 0 Å². The number of hydrogen-bond donors (Lipinski definition) is 3. The summed E-state index contributed by atoms with van der Waals surface area (Å²) in [6.45, 7) is 0. The quantitative estimate of drug-likeness (QED) is 0.560. The minimum atomic E-state index is -0.971. The number of aliphatic hydroxyl groups excluding tert-OH is 1. The third-order valence-corrected chi connectivity index (χ3v) is 5.45. The first-order valence-electron chi connectivity index (χ1n) is 10.3. The monoisotopic (exact) mass is 427 g/mol. The predicted octanol–water partition coefficient (Wildman–Crippen LogP) is 4.37. The summed E-state index contributed by atoms with van der Waals surface area (Å²) in [5.41, 5.74) is 9.75. The zero-order valence-electron chi connectivity index (χ0n) is 17.1. The zero-order valence-corrected chi connectivity index (χ0v) is 17.1. The fourth-order valence-electron chi connectivity index (χ4n) is 3.69. The molecule has 32 heavy (non-hydrogen) atoms. The van der Waals surface area contributed by atoms with Gasteiger partial charge in [0.2, 0.25) is 5.91 Å². The molecule has 1 aliphatic carbocycles. The fraction of sp³-hybridized carbons (Fsp3) is 0.120. The van der Waals surface area contributed by atoms with Crippen LogP contribution < -0.4 is 5.73 Å². The molecule has 4 N–H and O–H groups in total. The summed E-state index contributed by atoms with van der Waals surface area (Å²) >= 11 is 0. The lowest BCUT2D eigenvalue weighted by atomic mass is 10.0. The van der Waals surface area contributed by atoms with Gasteiger partial charge in [0.05, 0.1) is 11.0 Å². The number of carbonyl (C=O) groups is 1. The number of ether oxygens (including phenoxy) is 2. The smallest absolute Gasteiger partial charge is 0.248 e. The Hall–Kier alpha value is -4.10. The number of H-pyrrole nitrogens is 1. The number of aromatic amines is 1. The molecule has 2 aliphatic rings. The van der Waals surface area contributed by atoms with Gasteiger partial charge in [-0.2, -0.15) is 0 Å². The molecule has 0 radical (unpaired) electrons. The van der Waals surface area contributed by atoms with Gasteiger partial charge in [-0.1, -0.05) is 42.5 Å². The van der Waals surface area contributed by atoms with E-state index >= 15 is 0 Å². The predicted molar refractivity (Wildman–Crippen MR) is 120 cm³/mol. The summed E-state index contributed by atoms with van der Waals surface area (Å²) in [6.07, 6.45) is 9.88. The number of nitrogens with two attached hydrogens (primary N) is 1. The molecule has 0 saturated heterocycles. The van der Waals surface area contributed by atoms with Crippen LogP contribution in [-0.2, 0) is 9.47 Å². The maximum absolute atomic E-state index is 11.4. The van der Waals surface area contributed by atoms with Gasteiger partial charge >= 0.3 is 0 Å². The van der Waals surface area contributed by atoms with Crippen LogP contribution in [0.15, 0.2) is 90.3 Å². The van der Waals surface area contributed by atoms with Gasteiger partial charge in [0.25, 0.3) is 0 Å². The average molecular weight is 427 g/mol. The molecule has 0 bridgehead atoms. The van der Waals surface area contributed by atoms with Crippen molar-refractivity contribution in [2.75, 3.05) is 0 Å². The van der Waals surface area contributed by atoms with Gasteiger partial charge in [0.15, 0.2) is 11.5 Å². The molecule has 7 heteroatoms. The lowest BCUT2D eigenvalue weighted by Crippen LogP contribution is -2.10. The Morgan fingerprint density at radius 2 is 2.00 bits per heavy atom. The number of nitrogens with one attached hydrogen (secondary N) is 1. The summed E-state index contributed by atoms with van der Waals surface area (Å²) in [6, 6.07) is 12.4. The van der Waals surface area contributed by atoms with Gasteiger partial charge in [0.1, 0.15) is 24.5 Å². The summed E-state index contributed by atoms with van der Waals surface area (Å²) < 4.78 is 11.3. The lowest BCUT2D eigenvalue weighted by Gasteiger charge is -2.22. The van der Waals surface area contributed by atoms with E-state index in [-0.39, 0.29) is 0 Å². The molecule has 5 rings (SSSR count). The standard InChI is InChI=1S/C25H21N3O4/c26-24(30)18-10-11-19-20(12-18)28-25(27-19)17-8-6-16(7-9-17)23(29)22-14-31-13-21(32-22)15-4-2-1-3-5-15/h1-2,4,6-14,23,29H,3,5H2,(H2,26,30)(H,27,28). The molecule has 2 heterocycles. The first-order valence-corrected chi connectivity index (χ1v) is 10.3. The van der Waals surface area contributed by atoms with Crippen LogP contribution in [0.2, 0.25) is 0 Å². The van der Waals surface area contributed by atoms with Crippen molar-refractivity contribution in [3.8, 4) is 11.4 Å². The largest absolute Gasteiger partial charge is 0.465 e. The van der Waals surface area contributed by atoms with Crippen molar-refractivity contribution >= 4 is 16.9 Å². The van der Waals surface area contributed by atoms with Crippen LogP contribution in [0.1, 0.15) is 34.9 Å². The van der Waals surface area contributed by atoms with Gasteiger partial charge in [-0.25, -0.2) is 4.98 Å². The van der Waals surface area contributed by atoms with Gasteiger partial charge in [-0.05, 0) is 42.2 Å². The molecule has 160 valence electrons. The number of nitrogens with zero attached hydrogens (tertiary/aromatic N) is 1. The molecule has 0 fully saturated rings. The van der Waals surface area contributed by atoms with E-state index in [2.05, 4.69) is 16.0 Å². The van der Waals surface area contributed by atoms with Crippen molar-refractivity contribution in [1.29, 1.82) is 0 Å². The molecule has 0 spiro atoms. The minimum Gasteiger partial charge on any atom is -0.465 e. The van der Waals surface area contributed by atoms with Crippen LogP contribution in [0.3, 0.4) is 0 Å². The number of amides is 1. The second-order valence-corrected chi connectivity index (χ2v) is 7.61. The molecular weight excluding hydrogens is 406 g/mol. The number of rotatable bonds is 5. The number of fused-ring (bicyclic) bond motifs is 1.